The van der Waals surface area contributed by atoms with E-state index in [-0.39, 0.29) is 0 Å². The van der Waals surface area contributed by atoms with Gasteiger partial charge in [-0.15, -0.1) is 0 Å². The van der Waals surface area contributed by atoms with Crippen molar-refractivity contribution >= 4 is 360 Å². The van der Waals surface area contributed by atoms with E-state index in [1.807, 2.05) is 36.4 Å². The number of hydrogen-bond acceptors (Lipinski definition) is 6. The highest BCUT2D eigenvalue weighted by Crippen LogP contribution is 2.54. The topological polar surface area (TPSA) is 105 Å². The van der Waals surface area contributed by atoms with Crippen molar-refractivity contribution in [1.82, 2.24) is 26.4 Å². The average molecular weight is 1750 g/mol. The zero-order valence-corrected chi connectivity index (χ0v) is 72.8. The van der Waals surface area contributed by atoms with E-state index in [0.717, 1.165) is 110 Å². The van der Waals surface area contributed by atoms with Gasteiger partial charge >= 0.3 is 0 Å². The Morgan fingerprint density at radius 3 is 0.572 bits per heavy atom. The van der Waals surface area contributed by atoms with E-state index in [2.05, 4.69) is 354 Å². The van der Waals surface area contributed by atoms with Crippen LogP contribution in [0.3, 0.4) is 0 Å². The van der Waals surface area contributed by atoms with Crippen LogP contribution in [0.15, 0.2) is 390 Å². The van der Waals surface area contributed by atoms with Crippen molar-refractivity contribution in [2.45, 2.75) is 0 Å². The van der Waals surface area contributed by atoms with Gasteiger partial charge in [0.05, 0.1) is 110 Å². The number of rotatable bonds is 0. The molecule has 39 rings (SSSR count). The highest BCUT2D eigenvalue weighted by molar-refractivity contribution is 6.38. The summed E-state index contributed by atoms with van der Waals surface area (Å²) in [6, 6.07) is 132. The van der Waals surface area contributed by atoms with Gasteiger partial charge in [0.1, 0.15) is 67.0 Å². The molecule has 0 atom stereocenters. The molecule has 138 heavy (non-hydrogen) atoms. The van der Waals surface area contributed by atoms with Crippen molar-refractivity contribution < 1.29 is 26.5 Å². The summed E-state index contributed by atoms with van der Waals surface area (Å²) in [5.74, 6) is 0. The molecule has 0 bridgehead atoms. The van der Waals surface area contributed by atoms with Crippen molar-refractivity contribution in [2.75, 3.05) is 0 Å². The van der Waals surface area contributed by atoms with E-state index in [0.29, 0.717) is 0 Å². The molecule has 0 aliphatic rings. The summed E-state index contributed by atoms with van der Waals surface area (Å²) >= 11 is 0. The lowest BCUT2D eigenvalue weighted by molar-refractivity contribution is 0.669. The largest absolute Gasteiger partial charge is 0.456 e. The first-order valence-electron chi connectivity index (χ1n) is 47.3. The van der Waals surface area contributed by atoms with Crippen LogP contribution in [0.25, 0.3) is 360 Å². The van der Waals surface area contributed by atoms with Gasteiger partial charge in [-0.25, -0.2) is 0 Å². The predicted molar refractivity (Wildman–Crippen MR) is 571 cm³/mol. The lowest BCUT2D eigenvalue weighted by Gasteiger charge is -2.03. The van der Waals surface area contributed by atoms with Gasteiger partial charge in [-0.2, -0.15) is 0 Å². The van der Waals surface area contributed by atoms with Crippen LogP contribution in [0.5, 0.6) is 0 Å². The van der Waals surface area contributed by atoms with Gasteiger partial charge in [0, 0.05) is 195 Å². The van der Waals surface area contributed by atoms with E-state index in [4.69, 9.17) is 26.5 Å². The maximum atomic E-state index is 6.38. The maximum absolute atomic E-state index is 6.38. The fourth-order valence-electron chi connectivity index (χ4n) is 26.8. The van der Waals surface area contributed by atoms with E-state index < -0.39 is 0 Å². The second-order valence-corrected chi connectivity index (χ2v) is 38.6. The first kappa shape index (κ1) is 69.2. The number of furan rings is 6. The number of hydrogen-bond donors (Lipinski definition) is 0. The van der Waals surface area contributed by atoms with Gasteiger partial charge in [-0.05, 0) is 133 Å². The van der Waals surface area contributed by atoms with Crippen molar-refractivity contribution in [3.05, 3.63) is 364 Å². The van der Waals surface area contributed by atoms with Crippen molar-refractivity contribution in [3.8, 4) is 0 Å². The molecular weight excluding hydrogens is 1690 g/mol. The van der Waals surface area contributed by atoms with Crippen LogP contribution in [0.4, 0.5) is 0 Å². The molecule has 12 nitrogen and oxygen atoms in total. The SMILES string of the molecule is c1ccc2c(c1)oc1cc3c(cc12)c1cccc2c4cc5c(cc4n3c12)c1cccc2c3cc4c(cc3n5c21)oc1ccccc14.c1ccc2c(c1)oc1cc3c4cccc5c6cc7c(cc6n(c3cc12)c45)c1cccc2c3cc4oc5ccccc5c4cc3n7c21.c1ccc2c(c1)oc1ccc3c4cccc5c6cc7c(cc6n(c54)c3c12)c1cccc2c3ccc4oc5ccccc5c4c3n7c12. The molecule has 18 aromatic heterocycles. The van der Waals surface area contributed by atoms with E-state index >= 15 is 0 Å². The van der Waals surface area contributed by atoms with Crippen LogP contribution in [0.2, 0.25) is 0 Å². The van der Waals surface area contributed by atoms with Crippen molar-refractivity contribution in [1.29, 1.82) is 0 Å². The molecule has 0 unspecified atom stereocenters. The third kappa shape index (κ3) is 7.99. The summed E-state index contributed by atoms with van der Waals surface area (Å²) in [6.07, 6.45) is 0. The van der Waals surface area contributed by atoms with Crippen LogP contribution in [-0.4, -0.2) is 26.4 Å². The Kier molecular flexibility index (Phi) is 11.7. The molecule has 18 heterocycles. The molecule has 0 spiro atoms. The minimum Gasteiger partial charge on any atom is -0.456 e. The fourth-order valence-corrected chi connectivity index (χ4v) is 26.8. The Morgan fingerprint density at radius 1 is 0.101 bits per heavy atom. The molecule has 0 aliphatic heterocycles. The molecule has 39 aromatic rings. The van der Waals surface area contributed by atoms with Crippen LogP contribution >= 0.6 is 0 Å². The van der Waals surface area contributed by atoms with E-state index in [1.165, 1.54) is 250 Å². The van der Waals surface area contributed by atoms with Crippen LogP contribution in [-0.2, 0) is 0 Å². The van der Waals surface area contributed by atoms with E-state index in [1.54, 1.807) is 0 Å². The zero-order valence-electron chi connectivity index (χ0n) is 72.8. The van der Waals surface area contributed by atoms with Crippen LogP contribution < -0.4 is 0 Å². The van der Waals surface area contributed by atoms with E-state index in [9.17, 15) is 0 Å². The quantitative estimate of drug-likeness (QED) is 0.150. The number of aromatic nitrogens is 6. The maximum Gasteiger partial charge on any atom is 0.137 e. The predicted octanol–water partition coefficient (Wildman–Crippen LogP) is 35.4. The minimum absolute atomic E-state index is 0.923. The molecular formula is C126H60N6O6. The fraction of sp³-hybridized carbons (Fsp3) is 0. The molecule has 21 aromatic carbocycles. The molecule has 0 saturated heterocycles. The second kappa shape index (κ2) is 23.4. The average Bonchev–Trinajstić information content (AvgIpc) is 1.51. The van der Waals surface area contributed by atoms with Gasteiger partial charge in [0.25, 0.3) is 0 Å². The molecule has 0 amide bonds. The molecule has 0 saturated carbocycles. The third-order valence-corrected chi connectivity index (χ3v) is 32.3. The molecule has 0 N–H and O–H groups in total. The summed E-state index contributed by atoms with van der Waals surface area (Å²) < 4.78 is 53.1. The van der Waals surface area contributed by atoms with Gasteiger partial charge in [0.2, 0.25) is 0 Å². The standard InChI is InChI=1S/3C42H20N2O2/c1-3-13-37-21(7-1)31-17-35-29(19-39(31)45-37)25-11-5-9-23-27-16-34-28(15-33(27)43(35)41(23)25)24-10-6-12-26-30-20-40-32(18-36(30)44(34)42(24)26)22-8-2-4-14-38(22)46-40;1-3-13-37-21(7-1)31-15-27-23-9-5-11-25-29-18-34-30(17-33(29)43(41(23)25)35(27)19-39(31)45-37)26-12-6-10-24-28-16-32-22-8-2-4-14-38(22)46-40(32)20-36(28)44(34)42(24)26;1-3-13-33-27(7-1)37-35(45-33)17-15-25-21-9-5-11-23-29-20-32-30(19-31(29)43(39(21)23)41(25)37)24-12-6-10-22-26-16-18-36-38(42(26)44(32)40(22)24)28-8-2-4-14-34(28)46-36/h3*1-20H. The monoisotopic (exact) mass is 1750 g/mol. The zero-order chi connectivity index (χ0) is 88.2. The molecule has 0 radical (unpaired) electrons. The van der Waals surface area contributed by atoms with Crippen LogP contribution in [0, 0.1) is 0 Å². The van der Waals surface area contributed by atoms with Gasteiger partial charge in [-0.1, -0.05) is 218 Å². The number of para-hydroxylation sites is 12. The molecule has 12 heteroatoms. The first-order chi connectivity index (χ1) is 68.4. The number of benzene rings is 21. The summed E-state index contributed by atoms with van der Waals surface area (Å²) in [6.45, 7) is 0. The van der Waals surface area contributed by atoms with Crippen molar-refractivity contribution in [2.24, 2.45) is 0 Å². The van der Waals surface area contributed by atoms with Gasteiger partial charge in [-0.3, -0.25) is 0 Å². The van der Waals surface area contributed by atoms with Gasteiger partial charge < -0.3 is 52.9 Å². The minimum atomic E-state index is 0.923. The lowest BCUT2D eigenvalue weighted by atomic mass is 10.0. The molecule has 630 valence electrons. The second-order valence-electron chi connectivity index (χ2n) is 38.6. The normalized spacial score (nSPS) is 13.2. The number of nitrogens with zero attached hydrogens (tertiary/aromatic N) is 6. The number of fused-ring (bicyclic) bond motifs is 56. The first-order valence-corrected chi connectivity index (χ1v) is 47.3. The Hall–Kier alpha value is -18.8. The summed E-state index contributed by atoms with van der Waals surface area (Å²) in [5, 5.41) is 44.3. The molecule has 0 aliphatic carbocycles. The van der Waals surface area contributed by atoms with Crippen LogP contribution in [0.1, 0.15) is 0 Å². The van der Waals surface area contributed by atoms with Gasteiger partial charge in [0.15, 0.2) is 0 Å². The Labute approximate surface area is 771 Å². The lowest BCUT2D eigenvalue weighted by Crippen LogP contribution is -1.84. The molecule has 0 fully saturated rings. The summed E-state index contributed by atoms with van der Waals surface area (Å²) in [7, 11) is 0. The Morgan fingerprint density at radius 2 is 0.283 bits per heavy atom. The highest BCUT2D eigenvalue weighted by atomic mass is 16.3. The summed E-state index contributed by atoms with van der Waals surface area (Å²) in [5.41, 5.74) is 33.4. The Bertz CT molecular complexity index is 11900. The smallest absolute Gasteiger partial charge is 0.137 e. The summed E-state index contributed by atoms with van der Waals surface area (Å²) in [4.78, 5) is 0. The van der Waals surface area contributed by atoms with Crippen molar-refractivity contribution in [3.63, 3.8) is 0 Å². The third-order valence-electron chi connectivity index (χ3n) is 32.3. The highest BCUT2D eigenvalue weighted by Gasteiger charge is 2.32. The Balaban J connectivity index is 0.0000000866.